The maximum Gasteiger partial charge on any atom is 0.573 e. The molecule has 0 spiro atoms. The van der Waals surface area contributed by atoms with Crippen molar-refractivity contribution in [2.75, 3.05) is 19.0 Å². The largest absolute Gasteiger partial charge is 0.573 e. The lowest BCUT2D eigenvalue weighted by Gasteiger charge is -2.25. The fourth-order valence-corrected chi connectivity index (χ4v) is 3.22. The molecule has 0 radical (unpaired) electrons. The van der Waals surface area contributed by atoms with Crippen LogP contribution in [-0.4, -0.2) is 31.5 Å². The Morgan fingerprint density at radius 2 is 1.73 bits per heavy atom. The van der Waals surface area contributed by atoms with Crippen molar-refractivity contribution in [2.24, 2.45) is 0 Å². The summed E-state index contributed by atoms with van der Waals surface area (Å²) in [6, 6.07) is 7.06. The molecule has 0 unspecified atom stereocenters. The van der Waals surface area contributed by atoms with Crippen molar-refractivity contribution in [3.63, 3.8) is 0 Å². The normalized spacial score (nSPS) is 10.7. The van der Waals surface area contributed by atoms with Crippen LogP contribution in [0.4, 0.5) is 23.2 Å². The van der Waals surface area contributed by atoms with Gasteiger partial charge in [-0.25, -0.2) is 4.39 Å². The fourth-order valence-electron chi connectivity index (χ4n) is 3.22. The van der Waals surface area contributed by atoms with Gasteiger partial charge in [-0.2, -0.15) is 0 Å². The summed E-state index contributed by atoms with van der Waals surface area (Å²) in [6.07, 6.45) is -3.54. The van der Waals surface area contributed by atoms with E-state index in [2.05, 4.69) is 30.5 Å². The molecule has 182 valence electrons. The van der Waals surface area contributed by atoms with Crippen LogP contribution in [0.2, 0.25) is 0 Å². The maximum atomic E-state index is 13.0. The van der Waals surface area contributed by atoms with Gasteiger partial charge in [-0.05, 0) is 47.4 Å². The number of hydrogen-bond acceptors (Lipinski definition) is 4. The number of hydrogen-bond donors (Lipinski definition) is 2. The number of anilines is 1. The smallest absolute Gasteiger partial charge is 0.406 e. The van der Waals surface area contributed by atoms with Gasteiger partial charge in [-0.1, -0.05) is 39.0 Å². The second-order valence-corrected chi connectivity index (χ2v) is 7.45. The van der Waals surface area contributed by atoms with E-state index in [9.17, 15) is 27.5 Å². The van der Waals surface area contributed by atoms with Gasteiger partial charge in [-0.15, -0.1) is 13.2 Å². The third-order valence-corrected chi connectivity index (χ3v) is 4.44. The first-order valence-corrected chi connectivity index (χ1v) is 10.3. The molecule has 0 heterocycles. The summed E-state index contributed by atoms with van der Waals surface area (Å²) >= 11 is 0. The van der Waals surface area contributed by atoms with Gasteiger partial charge in [-0.3, -0.25) is 4.79 Å². The number of benzene rings is 2. The van der Waals surface area contributed by atoms with Crippen LogP contribution in [0.5, 0.6) is 5.75 Å². The zero-order valence-corrected chi connectivity index (χ0v) is 19.4. The Balaban J connectivity index is 0.00000172. The van der Waals surface area contributed by atoms with Gasteiger partial charge in [0.05, 0.1) is 6.61 Å². The summed E-state index contributed by atoms with van der Waals surface area (Å²) in [5.74, 6) is -2.46. The minimum absolute atomic E-state index is 0.0684. The monoisotopic (exact) mass is 470 g/mol. The van der Waals surface area contributed by atoms with Crippen molar-refractivity contribution in [3.8, 4) is 16.9 Å². The third-order valence-electron chi connectivity index (χ3n) is 4.44. The number of aliphatic hydroxyl groups is 1. The third kappa shape index (κ3) is 8.09. The van der Waals surface area contributed by atoms with E-state index in [1.54, 1.807) is 25.1 Å². The molecule has 2 rings (SSSR count). The quantitative estimate of drug-likeness (QED) is 0.407. The van der Waals surface area contributed by atoms with Crippen LogP contribution in [0.25, 0.3) is 11.1 Å². The lowest BCUT2D eigenvalue weighted by Crippen LogP contribution is -2.24. The van der Waals surface area contributed by atoms with E-state index in [0.29, 0.717) is 27.9 Å². The highest BCUT2D eigenvalue weighted by molar-refractivity contribution is 5.90. The van der Waals surface area contributed by atoms with Gasteiger partial charge in [0.2, 0.25) is 0 Å². The molecule has 0 aliphatic heterocycles. The SMILES string of the molecule is C=C(F)C(=O)NCc1cc(-c2ccc(OC(F)(F)F)cc2)c(C)c(N(C)C)c1CO.CCC. The van der Waals surface area contributed by atoms with Gasteiger partial charge in [0, 0.05) is 31.9 Å². The molecule has 9 heteroatoms. The molecule has 0 bridgehead atoms. The second-order valence-electron chi connectivity index (χ2n) is 7.45. The van der Waals surface area contributed by atoms with Gasteiger partial charge in [0.15, 0.2) is 5.83 Å². The molecule has 0 saturated carbocycles. The molecule has 2 N–H and O–H groups in total. The van der Waals surface area contributed by atoms with Crippen LogP contribution < -0.4 is 15.0 Å². The average molecular weight is 471 g/mol. The maximum absolute atomic E-state index is 13.0. The molecule has 33 heavy (non-hydrogen) atoms. The number of nitrogens with one attached hydrogen (secondary N) is 1. The highest BCUT2D eigenvalue weighted by Gasteiger charge is 2.31. The van der Waals surface area contributed by atoms with Crippen LogP contribution in [0, 0.1) is 6.92 Å². The van der Waals surface area contributed by atoms with E-state index < -0.39 is 18.1 Å². The van der Waals surface area contributed by atoms with Crippen LogP contribution in [0.1, 0.15) is 37.0 Å². The highest BCUT2D eigenvalue weighted by atomic mass is 19.4. The molecule has 0 aliphatic carbocycles. The fraction of sp³-hybridized carbons (Fsp3) is 0.375. The molecule has 0 fully saturated rings. The number of halogens is 4. The van der Waals surface area contributed by atoms with Crippen molar-refractivity contribution in [1.29, 1.82) is 0 Å². The summed E-state index contributed by atoms with van der Waals surface area (Å²) in [5.41, 5.74) is 3.83. The zero-order chi connectivity index (χ0) is 25.3. The molecule has 2 aromatic rings. The standard InChI is InChI=1S/C21H22F4N2O3.C3H8/c1-12-17(14-5-7-16(8-6-14)30-21(23,24)25)9-15(10-26-20(29)13(2)22)18(11-28)19(12)27(3)4;1-3-2/h5-9,28H,2,10-11H2,1,3-4H3,(H,26,29);3H2,1-2H3. The molecule has 5 nitrogen and oxygen atoms in total. The van der Waals surface area contributed by atoms with Crippen LogP contribution >= 0.6 is 0 Å². The average Bonchev–Trinajstić information content (AvgIpc) is 2.71. The molecule has 0 aliphatic rings. The summed E-state index contributed by atoms with van der Waals surface area (Å²) in [6.45, 7) is 8.61. The van der Waals surface area contributed by atoms with Crippen LogP contribution in [-0.2, 0) is 17.9 Å². The van der Waals surface area contributed by atoms with Crippen LogP contribution in [0.15, 0.2) is 42.7 Å². The van der Waals surface area contributed by atoms with Crippen molar-refractivity contribution in [3.05, 3.63) is 59.4 Å². The van der Waals surface area contributed by atoms with E-state index in [1.165, 1.54) is 30.7 Å². The van der Waals surface area contributed by atoms with E-state index in [4.69, 9.17) is 0 Å². The van der Waals surface area contributed by atoms with Crippen LogP contribution in [0.3, 0.4) is 0 Å². The molecule has 2 aromatic carbocycles. The van der Waals surface area contributed by atoms with Crippen molar-refractivity contribution in [2.45, 2.75) is 46.7 Å². The number of ether oxygens (including phenoxy) is 1. The zero-order valence-electron chi connectivity index (χ0n) is 19.4. The van der Waals surface area contributed by atoms with E-state index in [-0.39, 0.29) is 18.9 Å². The lowest BCUT2D eigenvalue weighted by molar-refractivity contribution is -0.274. The van der Waals surface area contributed by atoms with Crippen molar-refractivity contribution in [1.82, 2.24) is 5.32 Å². The second kappa shape index (κ2) is 12.2. The molecule has 1 amide bonds. The summed E-state index contributed by atoms with van der Waals surface area (Å²) in [4.78, 5) is 13.3. The minimum Gasteiger partial charge on any atom is -0.406 e. The van der Waals surface area contributed by atoms with E-state index in [1.807, 2.05) is 6.92 Å². The molecule has 0 aromatic heterocycles. The molecule has 0 atom stereocenters. The van der Waals surface area contributed by atoms with Gasteiger partial charge >= 0.3 is 6.36 Å². The predicted molar refractivity (Wildman–Crippen MR) is 122 cm³/mol. The first-order valence-electron chi connectivity index (χ1n) is 10.3. The Kier molecular flexibility index (Phi) is 10.4. The molecule has 0 saturated heterocycles. The number of nitrogens with zero attached hydrogens (tertiary/aromatic N) is 1. The predicted octanol–water partition coefficient (Wildman–Crippen LogP) is 5.63. The van der Waals surface area contributed by atoms with E-state index >= 15 is 0 Å². The number of aliphatic hydroxyl groups excluding tert-OH is 1. The Labute approximate surface area is 191 Å². The van der Waals surface area contributed by atoms with Crippen molar-refractivity contribution >= 4 is 11.6 Å². The Hall–Kier alpha value is -3.07. The number of amides is 1. The Bertz CT molecular complexity index is 956. The number of carbonyl (C=O) groups excluding carboxylic acids is 1. The minimum atomic E-state index is -4.79. The summed E-state index contributed by atoms with van der Waals surface area (Å²) < 4.78 is 54.1. The molecular weight excluding hydrogens is 440 g/mol. The number of alkyl halides is 3. The van der Waals surface area contributed by atoms with E-state index in [0.717, 1.165) is 5.56 Å². The highest BCUT2D eigenvalue weighted by Crippen LogP contribution is 2.37. The first kappa shape index (κ1) is 28.0. The molecular formula is C24H30F4N2O3. The van der Waals surface area contributed by atoms with Gasteiger partial charge in [0.25, 0.3) is 5.91 Å². The lowest BCUT2D eigenvalue weighted by atomic mass is 9.91. The number of carbonyl (C=O) groups is 1. The topological polar surface area (TPSA) is 61.8 Å². The first-order chi connectivity index (χ1) is 15.4. The van der Waals surface area contributed by atoms with Gasteiger partial charge < -0.3 is 20.1 Å². The van der Waals surface area contributed by atoms with Gasteiger partial charge in [0.1, 0.15) is 5.75 Å². The summed E-state index contributed by atoms with van der Waals surface area (Å²) in [7, 11) is 3.55. The Morgan fingerprint density at radius 3 is 2.15 bits per heavy atom. The number of rotatable bonds is 7. The van der Waals surface area contributed by atoms with Crippen molar-refractivity contribution < 1.29 is 32.2 Å². The summed E-state index contributed by atoms with van der Waals surface area (Å²) in [5, 5.41) is 12.3. The Morgan fingerprint density at radius 1 is 1.18 bits per heavy atom.